The zero-order valence-electron chi connectivity index (χ0n) is 12.9. The van der Waals surface area contributed by atoms with Crippen LogP contribution in [0.15, 0.2) is 0 Å². The van der Waals surface area contributed by atoms with Crippen LogP contribution in [0.2, 0.25) is 0 Å². The second kappa shape index (κ2) is 5.72. The number of aryl methyl sites for hydroxylation is 1. The molecular weight excluding hydrogens is 286 g/mol. The molecule has 2 fully saturated rings. The lowest BCUT2D eigenvalue weighted by Gasteiger charge is -2.13. The van der Waals surface area contributed by atoms with Gasteiger partial charge in [-0.1, -0.05) is 12.8 Å². The fraction of sp³-hybridized carbons (Fsp3) is 0.800. The standard InChI is InChI=1S/C15H25N3O2S/c1-11-15(9-16-13-5-3-4-6-13)12(2)18(17-11)14-7-8-21(19,20)10-14/h13-14,16H,3-10H2,1-2H3. The molecule has 1 aromatic rings. The van der Waals surface area contributed by atoms with Gasteiger partial charge >= 0.3 is 0 Å². The largest absolute Gasteiger partial charge is 0.310 e. The van der Waals surface area contributed by atoms with Crippen molar-refractivity contribution in [2.24, 2.45) is 0 Å². The van der Waals surface area contributed by atoms with Crippen molar-refractivity contribution in [1.29, 1.82) is 0 Å². The average Bonchev–Trinajstić information content (AvgIpc) is 3.10. The first kappa shape index (κ1) is 15.0. The quantitative estimate of drug-likeness (QED) is 0.922. The third-order valence-corrected chi connectivity index (χ3v) is 6.70. The third-order valence-electron chi connectivity index (χ3n) is 4.95. The van der Waals surface area contributed by atoms with Gasteiger partial charge in [-0.2, -0.15) is 5.10 Å². The number of rotatable bonds is 4. The molecule has 0 bridgehead atoms. The molecule has 1 atom stereocenters. The van der Waals surface area contributed by atoms with E-state index in [1.165, 1.54) is 31.2 Å². The Morgan fingerprint density at radius 1 is 1.24 bits per heavy atom. The number of sulfone groups is 1. The van der Waals surface area contributed by atoms with E-state index >= 15 is 0 Å². The molecular formula is C15H25N3O2S. The highest BCUT2D eigenvalue weighted by Crippen LogP contribution is 2.27. The van der Waals surface area contributed by atoms with Gasteiger partial charge in [-0.15, -0.1) is 0 Å². The van der Waals surface area contributed by atoms with Crippen LogP contribution < -0.4 is 5.32 Å². The van der Waals surface area contributed by atoms with Crippen molar-refractivity contribution in [3.8, 4) is 0 Å². The predicted octanol–water partition coefficient (Wildman–Crippen LogP) is 1.89. The summed E-state index contributed by atoms with van der Waals surface area (Å²) in [4.78, 5) is 0. The Morgan fingerprint density at radius 2 is 1.95 bits per heavy atom. The lowest BCUT2D eigenvalue weighted by molar-refractivity contribution is 0.483. The van der Waals surface area contributed by atoms with Crippen molar-refractivity contribution in [1.82, 2.24) is 15.1 Å². The summed E-state index contributed by atoms with van der Waals surface area (Å²) in [5, 5.41) is 8.24. The van der Waals surface area contributed by atoms with Crippen molar-refractivity contribution < 1.29 is 8.42 Å². The van der Waals surface area contributed by atoms with Crippen LogP contribution in [-0.2, 0) is 16.4 Å². The summed E-state index contributed by atoms with van der Waals surface area (Å²) in [6, 6.07) is 0.660. The van der Waals surface area contributed by atoms with Crippen molar-refractivity contribution in [3.63, 3.8) is 0 Å². The van der Waals surface area contributed by atoms with Crippen LogP contribution in [0.25, 0.3) is 0 Å². The lowest BCUT2D eigenvalue weighted by atomic mass is 10.1. The van der Waals surface area contributed by atoms with Gasteiger partial charge in [0.1, 0.15) is 0 Å². The molecule has 0 spiro atoms. The number of aromatic nitrogens is 2. The molecule has 2 heterocycles. The summed E-state index contributed by atoms with van der Waals surface area (Å²) in [6.45, 7) is 4.94. The Bertz CT molecular complexity index is 615. The van der Waals surface area contributed by atoms with Crippen molar-refractivity contribution >= 4 is 9.84 Å². The van der Waals surface area contributed by atoms with E-state index in [9.17, 15) is 8.42 Å². The lowest BCUT2D eigenvalue weighted by Crippen LogP contribution is -2.25. The number of nitrogens with one attached hydrogen (secondary N) is 1. The first-order chi connectivity index (χ1) is 9.96. The van der Waals surface area contributed by atoms with Gasteiger partial charge < -0.3 is 5.32 Å². The van der Waals surface area contributed by atoms with Crippen LogP contribution in [0.3, 0.4) is 0 Å². The van der Waals surface area contributed by atoms with Crippen LogP contribution in [0, 0.1) is 13.8 Å². The van der Waals surface area contributed by atoms with Gasteiger partial charge in [0.25, 0.3) is 0 Å². The molecule has 1 saturated heterocycles. The number of nitrogens with zero attached hydrogens (tertiary/aromatic N) is 2. The van der Waals surface area contributed by atoms with Gasteiger partial charge in [0.2, 0.25) is 0 Å². The first-order valence-electron chi connectivity index (χ1n) is 7.94. The molecule has 1 unspecified atom stereocenters. The van der Waals surface area contributed by atoms with E-state index < -0.39 is 9.84 Å². The number of hydrogen-bond acceptors (Lipinski definition) is 4. The zero-order chi connectivity index (χ0) is 15.0. The van der Waals surface area contributed by atoms with Gasteiger partial charge in [-0.3, -0.25) is 4.68 Å². The Balaban J connectivity index is 1.73. The fourth-order valence-electron chi connectivity index (χ4n) is 3.65. The molecule has 1 saturated carbocycles. The summed E-state index contributed by atoms with van der Waals surface area (Å²) < 4.78 is 25.3. The fourth-order valence-corrected chi connectivity index (χ4v) is 5.34. The summed E-state index contributed by atoms with van der Waals surface area (Å²) in [6.07, 6.45) is 5.89. The average molecular weight is 311 g/mol. The van der Waals surface area contributed by atoms with Gasteiger partial charge in [0.05, 0.1) is 23.2 Å². The molecule has 21 heavy (non-hydrogen) atoms. The first-order valence-corrected chi connectivity index (χ1v) is 9.77. The highest BCUT2D eigenvalue weighted by Gasteiger charge is 2.31. The summed E-state index contributed by atoms with van der Waals surface area (Å²) in [5.41, 5.74) is 3.40. The minimum Gasteiger partial charge on any atom is -0.310 e. The summed E-state index contributed by atoms with van der Waals surface area (Å²) >= 11 is 0. The molecule has 1 aliphatic carbocycles. The molecule has 5 nitrogen and oxygen atoms in total. The van der Waals surface area contributed by atoms with E-state index in [0.29, 0.717) is 18.2 Å². The van der Waals surface area contributed by atoms with Crippen LogP contribution in [0.4, 0.5) is 0 Å². The molecule has 1 aliphatic heterocycles. The molecule has 1 N–H and O–H groups in total. The Morgan fingerprint density at radius 3 is 2.57 bits per heavy atom. The topological polar surface area (TPSA) is 64.0 Å². The van der Waals surface area contributed by atoms with E-state index in [2.05, 4.69) is 17.3 Å². The van der Waals surface area contributed by atoms with Crippen LogP contribution in [0.1, 0.15) is 55.1 Å². The maximum Gasteiger partial charge on any atom is 0.152 e. The minimum atomic E-state index is -2.87. The Kier molecular flexibility index (Phi) is 4.10. The van der Waals surface area contributed by atoms with Gasteiger partial charge in [0, 0.05) is 23.8 Å². The van der Waals surface area contributed by atoms with Crippen molar-refractivity contribution in [3.05, 3.63) is 17.0 Å². The van der Waals surface area contributed by atoms with Crippen molar-refractivity contribution in [2.45, 2.75) is 64.6 Å². The molecule has 0 radical (unpaired) electrons. The van der Waals surface area contributed by atoms with Crippen LogP contribution >= 0.6 is 0 Å². The van der Waals surface area contributed by atoms with Crippen molar-refractivity contribution in [2.75, 3.05) is 11.5 Å². The smallest absolute Gasteiger partial charge is 0.152 e. The van der Waals surface area contributed by atoms with Gasteiger partial charge in [-0.25, -0.2) is 8.42 Å². The molecule has 118 valence electrons. The Hall–Kier alpha value is -0.880. The highest BCUT2D eigenvalue weighted by molar-refractivity contribution is 7.91. The SMILES string of the molecule is Cc1nn(C2CCS(=O)(=O)C2)c(C)c1CNC1CCCC1. The second-order valence-corrected chi connectivity index (χ2v) is 8.74. The van der Waals surface area contributed by atoms with E-state index in [1.54, 1.807) is 0 Å². The van der Waals surface area contributed by atoms with E-state index in [4.69, 9.17) is 0 Å². The highest BCUT2D eigenvalue weighted by atomic mass is 32.2. The molecule has 0 aromatic carbocycles. The monoisotopic (exact) mass is 311 g/mol. The molecule has 6 heteroatoms. The predicted molar refractivity (Wildman–Crippen MR) is 83.1 cm³/mol. The normalized spacial score (nSPS) is 25.7. The molecule has 2 aliphatic rings. The van der Waals surface area contributed by atoms with Crippen LogP contribution in [0.5, 0.6) is 0 Å². The summed E-state index contributed by atoms with van der Waals surface area (Å²) in [7, 11) is -2.87. The molecule has 1 aromatic heterocycles. The third kappa shape index (κ3) is 3.16. The van der Waals surface area contributed by atoms with E-state index in [1.807, 2.05) is 11.6 Å². The second-order valence-electron chi connectivity index (χ2n) is 6.51. The van der Waals surface area contributed by atoms with E-state index in [-0.39, 0.29) is 11.8 Å². The minimum absolute atomic E-state index is 0.0222. The van der Waals surface area contributed by atoms with Crippen LogP contribution in [-0.4, -0.2) is 35.7 Å². The molecule has 3 rings (SSSR count). The maximum absolute atomic E-state index is 11.7. The molecule has 0 amide bonds. The Labute approximate surface area is 127 Å². The van der Waals surface area contributed by atoms with Gasteiger partial charge in [0.15, 0.2) is 9.84 Å². The zero-order valence-corrected chi connectivity index (χ0v) is 13.7. The summed E-state index contributed by atoms with van der Waals surface area (Å²) in [5.74, 6) is 0.538. The van der Waals surface area contributed by atoms with E-state index in [0.717, 1.165) is 17.9 Å². The van der Waals surface area contributed by atoms with Gasteiger partial charge in [-0.05, 0) is 33.1 Å². The number of hydrogen-bond donors (Lipinski definition) is 1. The maximum atomic E-state index is 11.7.